The number of rotatable bonds is 3. The number of ketones is 1. The second-order valence-corrected chi connectivity index (χ2v) is 5.21. The number of aromatic nitrogens is 2. The van der Waals surface area contributed by atoms with Crippen molar-refractivity contribution in [2.24, 2.45) is 7.05 Å². The van der Waals surface area contributed by atoms with E-state index in [9.17, 15) is 4.79 Å². The van der Waals surface area contributed by atoms with Crippen molar-refractivity contribution in [2.45, 2.75) is 13.8 Å². The Morgan fingerprint density at radius 2 is 1.96 bits per heavy atom. The van der Waals surface area contributed by atoms with Crippen LogP contribution >= 0.6 is 0 Å². The quantitative estimate of drug-likeness (QED) is 0.323. The van der Waals surface area contributed by atoms with Crippen molar-refractivity contribution >= 4 is 5.78 Å². The van der Waals surface area contributed by atoms with Gasteiger partial charge in [-0.05, 0) is 26.5 Å². The van der Waals surface area contributed by atoms with Gasteiger partial charge in [-0.2, -0.15) is 0 Å². The Labute approximate surface area is 160 Å². The number of hydrogen-bond donors (Lipinski definition) is 1. The molecule has 0 atom stereocenters. The van der Waals surface area contributed by atoms with E-state index in [-0.39, 0.29) is 31.6 Å². The van der Waals surface area contributed by atoms with Crippen LogP contribution < -0.4 is 0 Å². The molecule has 5 nitrogen and oxygen atoms in total. The van der Waals surface area contributed by atoms with Crippen LogP contribution in [0.5, 0.6) is 0 Å². The number of nitrogens with zero attached hydrogens (tertiary/aromatic N) is 2. The molecule has 0 saturated carbocycles. The number of imidazole rings is 1. The summed E-state index contributed by atoms with van der Waals surface area (Å²) in [7, 11) is 1.96. The molecule has 2 aromatic heterocycles. The SMILES string of the molecule is CC(=O)/C=C(/C)O.Cn1ccnc1-c1[c-]coc1-c1ccccc1.[Ir]. The van der Waals surface area contributed by atoms with Gasteiger partial charge in [0.15, 0.2) is 5.78 Å². The minimum absolute atomic E-state index is 0. The van der Waals surface area contributed by atoms with Crippen LogP contribution in [0.3, 0.4) is 0 Å². The fraction of sp³-hybridized carbons (Fsp3) is 0.158. The Morgan fingerprint density at radius 1 is 1.28 bits per heavy atom. The maximum absolute atomic E-state index is 10.0. The molecule has 1 aromatic carbocycles. The average molecular weight is 516 g/mol. The first kappa shape index (κ1) is 20.6. The standard InChI is InChI=1S/C14H11N2O.C5H8O2.Ir/c1-16-9-8-15-14(16)12-7-10-17-13(12)11-5-3-2-4-6-11;1-4(6)3-5(2)7;/h2-6,8-10H,1H3;3,6H,1-2H3;/q-1;;/b;4-3-;. The minimum Gasteiger partial charge on any atom is -0.535 e. The fourth-order valence-corrected chi connectivity index (χ4v) is 2.14. The van der Waals surface area contributed by atoms with Crippen molar-refractivity contribution in [3.05, 3.63) is 66.9 Å². The Hall–Kier alpha value is -2.43. The summed E-state index contributed by atoms with van der Waals surface area (Å²) in [6.07, 6.45) is 6.42. The molecule has 0 spiro atoms. The molecule has 0 saturated heterocycles. The fourth-order valence-electron chi connectivity index (χ4n) is 2.14. The summed E-state index contributed by atoms with van der Waals surface area (Å²) >= 11 is 0. The van der Waals surface area contributed by atoms with Gasteiger partial charge in [-0.3, -0.25) is 4.79 Å². The van der Waals surface area contributed by atoms with Crippen LogP contribution in [0.15, 0.2) is 65.2 Å². The third-order valence-corrected chi connectivity index (χ3v) is 3.10. The van der Waals surface area contributed by atoms with Crippen LogP contribution in [0.1, 0.15) is 13.8 Å². The summed E-state index contributed by atoms with van der Waals surface area (Å²) in [6.45, 7) is 2.85. The maximum Gasteiger partial charge on any atom is 0.155 e. The third-order valence-electron chi connectivity index (χ3n) is 3.10. The van der Waals surface area contributed by atoms with Crippen LogP contribution in [0, 0.1) is 6.07 Å². The number of hydrogen-bond acceptors (Lipinski definition) is 4. The number of aliphatic hydroxyl groups excluding tert-OH is 1. The van der Waals surface area contributed by atoms with Gasteiger partial charge in [0.25, 0.3) is 0 Å². The van der Waals surface area contributed by atoms with E-state index in [0.717, 1.165) is 22.7 Å². The Bertz CT molecular complexity index is 831. The normalized spacial score (nSPS) is 10.4. The van der Waals surface area contributed by atoms with Gasteiger partial charge in [-0.1, -0.05) is 30.3 Å². The molecule has 0 aliphatic carbocycles. The summed E-state index contributed by atoms with van der Waals surface area (Å²) in [5.41, 5.74) is 1.93. The molecule has 1 N–H and O–H groups in total. The summed E-state index contributed by atoms with van der Waals surface area (Å²) in [6, 6.07) is 13.1. The first-order chi connectivity index (χ1) is 11.5. The minimum atomic E-state index is -0.125. The number of aryl methyl sites for hydroxylation is 1. The number of allylic oxidation sites excluding steroid dienone is 2. The van der Waals surface area contributed by atoms with Crippen molar-refractivity contribution in [1.29, 1.82) is 0 Å². The molecule has 133 valence electrons. The van der Waals surface area contributed by atoms with E-state index in [1.165, 1.54) is 19.9 Å². The van der Waals surface area contributed by atoms with Crippen LogP contribution in [0.2, 0.25) is 0 Å². The predicted octanol–water partition coefficient (Wildman–Crippen LogP) is 4.18. The average Bonchev–Trinajstić information content (AvgIpc) is 3.15. The number of aliphatic hydroxyl groups is 1. The van der Waals surface area contributed by atoms with E-state index in [1.807, 2.05) is 48.1 Å². The summed E-state index contributed by atoms with van der Waals surface area (Å²) < 4.78 is 7.47. The second kappa shape index (κ2) is 9.77. The van der Waals surface area contributed by atoms with Gasteiger partial charge in [0.2, 0.25) is 0 Å². The summed E-state index contributed by atoms with van der Waals surface area (Å²) in [5.74, 6) is 1.60. The Kier molecular flexibility index (Phi) is 8.05. The van der Waals surface area contributed by atoms with Crippen LogP contribution in [0.4, 0.5) is 0 Å². The molecule has 0 aliphatic heterocycles. The molecule has 0 unspecified atom stereocenters. The first-order valence-corrected chi connectivity index (χ1v) is 7.39. The van der Waals surface area contributed by atoms with E-state index in [2.05, 4.69) is 11.1 Å². The second-order valence-electron chi connectivity index (χ2n) is 5.21. The van der Waals surface area contributed by atoms with Crippen molar-refractivity contribution < 1.29 is 34.4 Å². The van der Waals surface area contributed by atoms with Gasteiger partial charge >= 0.3 is 0 Å². The molecule has 3 rings (SSSR count). The molecule has 0 fully saturated rings. The number of furan rings is 1. The molecule has 25 heavy (non-hydrogen) atoms. The van der Waals surface area contributed by atoms with E-state index < -0.39 is 0 Å². The topological polar surface area (TPSA) is 68.3 Å². The zero-order valence-corrected chi connectivity index (χ0v) is 16.6. The van der Waals surface area contributed by atoms with Gasteiger partial charge in [-0.25, -0.2) is 0 Å². The maximum atomic E-state index is 10.0. The zero-order valence-electron chi connectivity index (χ0n) is 14.2. The molecule has 2 heterocycles. The van der Waals surface area contributed by atoms with Crippen molar-refractivity contribution in [3.63, 3.8) is 0 Å². The van der Waals surface area contributed by atoms with Crippen LogP contribution in [-0.4, -0.2) is 20.4 Å². The predicted molar refractivity (Wildman–Crippen MR) is 92.2 cm³/mol. The van der Waals surface area contributed by atoms with Crippen molar-refractivity contribution in [1.82, 2.24) is 9.55 Å². The van der Waals surface area contributed by atoms with Crippen LogP contribution in [0.25, 0.3) is 22.7 Å². The molecule has 0 bridgehead atoms. The smallest absolute Gasteiger partial charge is 0.155 e. The van der Waals surface area contributed by atoms with Crippen molar-refractivity contribution in [2.75, 3.05) is 0 Å². The molecular weight excluding hydrogens is 496 g/mol. The molecular formula is C19H19IrN2O3-. The Morgan fingerprint density at radius 3 is 2.44 bits per heavy atom. The number of benzene rings is 1. The summed E-state index contributed by atoms with van der Waals surface area (Å²) in [4.78, 5) is 14.3. The van der Waals surface area contributed by atoms with Gasteiger partial charge in [0.1, 0.15) is 0 Å². The van der Waals surface area contributed by atoms with Gasteiger partial charge < -0.3 is 19.1 Å². The summed E-state index contributed by atoms with van der Waals surface area (Å²) in [5, 5.41) is 8.36. The third kappa shape index (κ3) is 5.85. The van der Waals surface area contributed by atoms with Crippen molar-refractivity contribution in [3.8, 4) is 22.7 Å². The molecule has 0 amide bonds. The molecule has 6 heteroatoms. The monoisotopic (exact) mass is 516 g/mol. The molecule has 1 radical (unpaired) electrons. The largest absolute Gasteiger partial charge is 0.535 e. The van der Waals surface area contributed by atoms with E-state index in [4.69, 9.17) is 9.52 Å². The van der Waals surface area contributed by atoms with Crippen LogP contribution in [-0.2, 0) is 31.9 Å². The Balaban J connectivity index is 0.000000339. The molecule has 3 aromatic rings. The number of carbonyl (C=O) groups excluding carboxylic acids is 1. The van der Waals surface area contributed by atoms with E-state index >= 15 is 0 Å². The molecule has 0 aliphatic rings. The van der Waals surface area contributed by atoms with E-state index in [1.54, 1.807) is 12.5 Å². The van der Waals surface area contributed by atoms with Gasteiger partial charge in [0.05, 0.1) is 5.76 Å². The van der Waals surface area contributed by atoms with E-state index in [0.29, 0.717) is 0 Å². The zero-order chi connectivity index (χ0) is 17.5. The van der Waals surface area contributed by atoms with Gasteiger partial charge in [0, 0.05) is 56.4 Å². The first-order valence-electron chi connectivity index (χ1n) is 7.39. The number of carbonyl (C=O) groups is 1. The van der Waals surface area contributed by atoms with Gasteiger partial charge in [-0.15, -0.1) is 11.6 Å².